The van der Waals surface area contributed by atoms with E-state index in [2.05, 4.69) is 5.32 Å². The second-order valence-electron chi connectivity index (χ2n) is 6.61. The minimum absolute atomic E-state index is 0.122. The lowest BCUT2D eigenvalue weighted by Gasteiger charge is -2.27. The molecule has 0 bridgehead atoms. The topological polar surface area (TPSA) is 77.1 Å². The first-order valence-corrected chi connectivity index (χ1v) is 9.70. The summed E-state index contributed by atoms with van der Waals surface area (Å²) in [6.45, 7) is 3.98. The Balaban J connectivity index is 1.74. The lowest BCUT2D eigenvalue weighted by Crippen LogP contribution is -2.41. The van der Waals surface area contributed by atoms with Gasteiger partial charge in [0.25, 0.3) is 11.8 Å². The molecule has 1 atom stereocenters. The normalized spacial score (nSPS) is 14.8. The molecule has 0 saturated carbocycles. The van der Waals surface area contributed by atoms with Crippen LogP contribution in [0, 0.1) is 0 Å². The molecule has 0 aliphatic carbocycles. The van der Waals surface area contributed by atoms with Crippen molar-refractivity contribution in [1.29, 1.82) is 0 Å². The molecule has 2 aromatic rings. The molecule has 0 aromatic heterocycles. The Morgan fingerprint density at radius 1 is 1.07 bits per heavy atom. The number of nitrogens with one attached hydrogen (secondary N) is 1. The summed E-state index contributed by atoms with van der Waals surface area (Å²) < 4.78 is 16.5. The van der Waals surface area contributed by atoms with E-state index in [0.717, 1.165) is 0 Å². The van der Waals surface area contributed by atoms with Gasteiger partial charge in [0.15, 0.2) is 17.6 Å². The predicted octanol–water partition coefficient (Wildman–Crippen LogP) is 2.96. The van der Waals surface area contributed by atoms with E-state index < -0.39 is 6.10 Å². The molecule has 3 rings (SSSR count). The SMILES string of the molecule is CCC(Oc1ccccc1OC)C(=O)Nc1ccccc1C(=O)N1CCOCC1. The van der Waals surface area contributed by atoms with Crippen molar-refractivity contribution >= 4 is 17.5 Å². The minimum atomic E-state index is -0.724. The first-order chi connectivity index (χ1) is 14.1. The van der Waals surface area contributed by atoms with Gasteiger partial charge in [-0.3, -0.25) is 9.59 Å². The van der Waals surface area contributed by atoms with Gasteiger partial charge in [-0.1, -0.05) is 31.2 Å². The van der Waals surface area contributed by atoms with Crippen molar-refractivity contribution in [1.82, 2.24) is 4.90 Å². The average Bonchev–Trinajstić information content (AvgIpc) is 2.78. The van der Waals surface area contributed by atoms with Gasteiger partial charge in [-0.05, 0) is 30.7 Å². The molecule has 1 heterocycles. The molecule has 1 aliphatic rings. The van der Waals surface area contributed by atoms with Gasteiger partial charge in [-0.15, -0.1) is 0 Å². The summed E-state index contributed by atoms with van der Waals surface area (Å²) in [7, 11) is 1.55. The Morgan fingerprint density at radius 3 is 2.41 bits per heavy atom. The van der Waals surface area contributed by atoms with Crippen LogP contribution in [0.25, 0.3) is 0 Å². The lowest BCUT2D eigenvalue weighted by molar-refractivity contribution is -0.122. The molecule has 2 aromatic carbocycles. The number of rotatable bonds is 7. The van der Waals surface area contributed by atoms with Crippen LogP contribution in [0.5, 0.6) is 11.5 Å². The summed E-state index contributed by atoms with van der Waals surface area (Å²) in [5.74, 6) is 0.611. The Labute approximate surface area is 170 Å². The minimum Gasteiger partial charge on any atom is -0.493 e. The third kappa shape index (κ3) is 5.06. The van der Waals surface area contributed by atoms with E-state index in [1.807, 2.05) is 19.1 Å². The fraction of sp³-hybridized carbons (Fsp3) is 0.364. The molecule has 1 N–H and O–H groups in total. The molecule has 1 unspecified atom stereocenters. The highest BCUT2D eigenvalue weighted by molar-refractivity contribution is 6.04. The Hall–Kier alpha value is -3.06. The van der Waals surface area contributed by atoms with Gasteiger partial charge in [0, 0.05) is 13.1 Å². The van der Waals surface area contributed by atoms with Gasteiger partial charge in [0.2, 0.25) is 0 Å². The van der Waals surface area contributed by atoms with E-state index in [4.69, 9.17) is 14.2 Å². The largest absolute Gasteiger partial charge is 0.493 e. The van der Waals surface area contributed by atoms with Crippen LogP contribution in [0.3, 0.4) is 0 Å². The van der Waals surface area contributed by atoms with Crippen molar-refractivity contribution in [3.05, 3.63) is 54.1 Å². The second-order valence-corrected chi connectivity index (χ2v) is 6.61. The summed E-state index contributed by atoms with van der Waals surface area (Å²) in [5.41, 5.74) is 0.922. The smallest absolute Gasteiger partial charge is 0.265 e. The van der Waals surface area contributed by atoms with Crippen LogP contribution in [-0.2, 0) is 9.53 Å². The molecule has 7 nitrogen and oxygen atoms in total. The second kappa shape index (κ2) is 9.93. The number of nitrogens with zero attached hydrogens (tertiary/aromatic N) is 1. The molecular formula is C22H26N2O5. The van der Waals surface area contributed by atoms with Crippen LogP contribution in [0.4, 0.5) is 5.69 Å². The highest BCUT2D eigenvalue weighted by atomic mass is 16.5. The van der Waals surface area contributed by atoms with E-state index in [9.17, 15) is 9.59 Å². The number of ether oxygens (including phenoxy) is 3. The zero-order valence-corrected chi connectivity index (χ0v) is 16.7. The highest BCUT2D eigenvalue weighted by Crippen LogP contribution is 2.28. The van der Waals surface area contributed by atoms with Gasteiger partial charge in [-0.2, -0.15) is 0 Å². The third-order valence-electron chi connectivity index (χ3n) is 4.72. The van der Waals surface area contributed by atoms with Crippen molar-refractivity contribution in [3.63, 3.8) is 0 Å². The maximum Gasteiger partial charge on any atom is 0.265 e. The van der Waals surface area contributed by atoms with E-state index in [-0.39, 0.29) is 11.8 Å². The number of hydrogen-bond donors (Lipinski definition) is 1. The van der Waals surface area contributed by atoms with Gasteiger partial charge < -0.3 is 24.4 Å². The fourth-order valence-electron chi connectivity index (χ4n) is 3.12. The molecule has 29 heavy (non-hydrogen) atoms. The number of hydrogen-bond acceptors (Lipinski definition) is 5. The standard InChI is InChI=1S/C22H26N2O5/c1-3-18(29-20-11-7-6-10-19(20)27-2)21(25)23-17-9-5-4-8-16(17)22(26)24-12-14-28-15-13-24/h4-11,18H,3,12-15H2,1-2H3,(H,23,25). The van der Waals surface area contributed by atoms with Crippen LogP contribution in [0.1, 0.15) is 23.7 Å². The number of carbonyl (C=O) groups excluding carboxylic acids is 2. The molecule has 1 saturated heterocycles. The monoisotopic (exact) mass is 398 g/mol. The zero-order valence-electron chi connectivity index (χ0n) is 16.7. The van der Waals surface area contributed by atoms with Crippen molar-refractivity contribution in [2.45, 2.75) is 19.4 Å². The number of para-hydroxylation sites is 3. The first kappa shape index (κ1) is 20.7. The Bertz CT molecular complexity index is 849. The molecule has 2 amide bonds. The highest BCUT2D eigenvalue weighted by Gasteiger charge is 2.24. The van der Waals surface area contributed by atoms with Crippen LogP contribution >= 0.6 is 0 Å². The van der Waals surface area contributed by atoms with Crippen molar-refractivity contribution in [2.24, 2.45) is 0 Å². The number of anilines is 1. The van der Waals surface area contributed by atoms with Gasteiger partial charge >= 0.3 is 0 Å². The average molecular weight is 398 g/mol. The summed E-state index contributed by atoms with van der Waals surface area (Å²) in [6.07, 6.45) is -0.262. The summed E-state index contributed by atoms with van der Waals surface area (Å²) in [4.78, 5) is 27.5. The van der Waals surface area contributed by atoms with Crippen molar-refractivity contribution < 1.29 is 23.8 Å². The molecule has 0 radical (unpaired) electrons. The lowest BCUT2D eigenvalue weighted by atomic mass is 10.1. The third-order valence-corrected chi connectivity index (χ3v) is 4.72. The van der Waals surface area contributed by atoms with Crippen molar-refractivity contribution in [3.8, 4) is 11.5 Å². The summed E-state index contributed by atoms with van der Waals surface area (Å²) in [5, 5.41) is 2.86. The maximum atomic E-state index is 12.9. The summed E-state index contributed by atoms with van der Waals surface area (Å²) in [6, 6.07) is 14.2. The number of carbonyl (C=O) groups is 2. The maximum absolute atomic E-state index is 12.9. The van der Waals surface area contributed by atoms with Gasteiger partial charge in [-0.25, -0.2) is 0 Å². The van der Waals surface area contributed by atoms with Crippen LogP contribution < -0.4 is 14.8 Å². The fourth-order valence-corrected chi connectivity index (χ4v) is 3.12. The number of morpholine rings is 1. The van der Waals surface area contributed by atoms with Gasteiger partial charge in [0.1, 0.15) is 0 Å². The van der Waals surface area contributed by atoms with Gasteiger partial charge in [0.05, 0.1) is 31.6 Å². The van der Waals surface area contributed by atoms with Crippen LogP contribution in [0.2, 0.25) is 0 Å². The van der Waals surface area contributed by atoms with E-state index in [1.54, 1.807) is 48.4 Å². The molecule has 1 fully saturated rings. The van der Waals surface area contributed by atoms with E-state index >= 15 is 0 Å². The van der Waals surface area contributed by atoms with Crippen molar-refractivity contribution in [2.75, 3.05) is 38.7 Å². The summed E-state index contributed by atoms with van der Waals surface area (Å²) >= 11 is 0. The van der Waals surface area contributed by atoms with E-state index in [0.29, 0.717) is 55.5 Å². The predicted molar refractivity (Wildman–Crippen MR) is 109 cm³/mol. The Morgan fingerprint density at radius 2 is 1.72 bits per heavy atom. The quantitative estimate of drug-likeness (QED) is 0.776. The number of methoxy groups -OCH3 is 1. The molecule has 0 spiro atoms. The number of amides is 2. The molecule has 7 heteroatoms. The van der Waals surface area contributed by atoms with Crippen LogP contribution in [-0.4, -0.2) is 56.2 Å². The molecule has 1 aliphatic heterocycles. The molecule has 154 valence electrons. The number of benzene rings is 2. The zero-order chi connectivity index (χ0) is 20.6. The van der Waals surface area contributed by atoms with E-state index in [1.165, 1.54) is 0 Å². The molecular weight excluding hydrogens is 372 g/mol. The first-order valence-electron chi connectivity index (χ1n) is 9.70. The van der Waals surface area contributed by atoms with Crippen LogP contribution in [0.15, 0.2) is 48.5 Å². The Kier molecular flexibility index (Phi) is 7.08.